The van der Waals surface area contributed by atoms with Crippen molar-refractivity contribution in [1.82, 2.24) is 30.3 Å². The summed E-state index contributed by atoms with van der Waals surface area (Å²) in [5, 5.41) is 30.9. The van der Waals surface area contributed by atoms with E-state index in [9.17, 15) is 9.50 Å². The van der Waals surface area contributed by atoms with E-state index in [-0.39, 0.29) is 17.7 Å². The van der Waals surface area contributed by atoms with Crippen LogP contribution >= 0.6 is 23.1 Å². The molecule has 28 heavy (non-hydrogen) atoms. The number of aromatic nitrogens is 5. The van der Waals surface area contributed by atoms with E-state index in [1.807, 2.05) is 0 Å². The van der Waals surface area contributed by atoms with Crippen LogP contribution in [0.3, 0.4) is 0 Å². The summed E-state index contributed by atoms with van der Waals surface area (Å²) in [6.45, 7) is 4.06. The zero-order valence-electron chi connectivity index (χ0n) is 15.3. The molecule has 0 spiro atoms. The van der Waals surface area contributed by atoms with Crippen molar-refractivity contribution in [2.75, 3.05) is 11.1 Å². The Morgan fingerprint density at radius 3 is 3.04 bits per heavy atom. The van der Waals surface area contributed by atoms with Crippen LogP contribution in [-0.2, 0) is 12.1 Å². The van der Waals surface area contributed by atoms with E-state index in [1.165, 1.54) is 17.4 Å². The molecule has 1 fully saturated rings. The molecule has 1 aliphatic rings. The largest absolute Gasteiger partial charge is 0.380 e. The van der Waals surface area contributed by atoms with Gasteiger partial charge in [0.05, 0.1) is 17.6 Å². The molecule has 0 saturated carbocycles. The summed E-state index contributed by atoms with van der Waals surface area (Å²) < 4.78 is 15.3. The van der Waals surface area contributed by atoms with Gasteiger partial charge in [0.2, 0.25) is 5.13 Å². The molecule has 3 aromatic rings. The average Bonchev–Trinajstić information content (AvgIpc) is 3.39. The summed E-state index contributed by atoms with van der Waals surface area (Å²) in [4.78, 5) is 4.03. The highest BCUT2D eigenvalue weighted by atomic mass is 32.2. The maximum atomic E-state index is 13.7. The quantitative estimate of drug-likeness (QED) is 0.558. The van der Waals surface area contributed by atoms with Gasteiger partial charge < -0.3 is 10.4 Å². The average molecular weight is 422 g/mol. The van der Waals surface area contributed by atoms with Gasteiger partial charge in [0.25, 0.3) is 0 Å². The van der Waals surface area contributed by atoms with E-state index in [2.05, 4.69) is 37.8 Å². The third-order valence-corrected chi connectivity index (χ3v) is 7.03. The van der Waals surface area contributed by atoms with Crippen LogP contribution in [0.1, 0.15) is 24.5 Å². The monoisotopic (exact) mass is 421 g/mol. The highest BCUT2D eigenvalue weighted by molar-refractivity contribution is 8.00. The molecule has 3 unspecified atom stereocenters. The van der Waals surface area contributed by atoms with Crippen molar-refractivity contribution in [3.05, 3.63) is 47.1 Å². The van der Waals surface area contributed by atoms with Crippen LogP contribution < -0.4 is 10.6 Å². The molecule has 3 aromatic heterocycles. The molecule has 1 saturated heterocycles. The standard InChI is InChI=1S/C17H20FN7OS2/c1-10-9-27-14(20-10)17(2,26)15-22-23-16(28-15)21-13-5-7-25(24-13)8-12-11(18)4-3-6-19-12/h3-7,10,14,20,26H,8-9H2,1-2H3,(H,21,23,24). The van der Waals surface area contributed by atoms with Gasteiger partial charge in [-0.1, -0.05) is 11.3 Å². The minimum Gasteiger partial charge on any atom is -0.380 e. The number of pyridine rings is 1. The SMILES string of the molecule is CC1CSC(C(C)(O)c2nnc(Nc3ccn(Cc4ncccc4F)n3)s2)N1. The first kappa shape index (κ1) is 19.2. The molecule has 8 nitrogen and oxygen atoms in total. The van der Waals surface area contributed by atoms with Gasteiger partial charge in [-0.3, -0.25) is 15.0 Å². The van der Waals surface area contributed by atoms with Gasteiger partial charge in [0, 0.05) is 30.3 Å². The molecule has 4 rings (SSSR count). The Morgan fingerprint density at radius 2 is 2.29 bits per heavy atom. The lowest BCUT2D eigenvalue weighted by atomic mass is 10.1. The number of nitrogens with one attached hydrogen (secondary N) is 2. The van der Waals surface area contributed by atoms with E-state index < -0.39 is 5.60 Å². The Labute approximate surface area is 169 Å². The highest BCUT2D eigenvalue weighted by Crippen LogP contribution is 2.37. The minimum absolute atomic E-state index is 0.129. The lowest BCUT2D eigenvalue weighted by Gasteiger charge is -2.27. The van der Waals surface area contributed by atoms with Gasteiger partial charge in [0.15, 0.2) is 10.8 Å². The normalized spacial score (nSPS) is 21.6. The van der Waals surface area contributed by atoms with Gasteiger partial charge in [-0.25, -0.2) is 4.39 Å². The number of halogens is 1. The summed E-state index contributed by atoms with van der Waals surface area (Å²) in [7, 11) is 0. The molecule has 0 aliphatic carbocycles. The van der Waals surface area contributed by atoms with Crippen LogP contribution in [0, 0.1) is 5.82 Å². The Kier molecular flexibility index (Phi) is 5.32. The third kappa shape index (κ3) is 4.02. The number of aliphatic hydroxyl groups is 1. The van der Waals surface area contributed by atoms with Crippen molar-refractivity contribution in [2.24, 2.45) is 0 Å². The molecule has 0 aromatic carbocycles. The topological polar surface area (TPSA) is 101 Å². The van der Waals surface area contributed by atoms with E-state index >= 15 is 0 Å². The predicted octanol–water partition coefficient (Wildman–Crippen LogP) is 2.32. The second-order valence-electron chi connectivity index (χ2n) is 6.80. The van der Waals surface area contributed by atoms with Crippen LogP contribution in [-0.4, -0.2) is 47.2 Å². The van der Waals surface area contributed by atoms with Crippen molar-refractivity contribution < 1.29 is 9.50 Å². The van der Waals surface area contributed by atoms with Gasteiger partial charge in [-0.15, -0.1) is 22.0 Å². The summed E-state index contributed by atoms with van der Waals surface area (Å²) in [5.74, 6) is 1.14. The molecule has 0 amide bonds. The van der Waals surface area contributed by atoms with E-state index in [1.54, 1.807) is 47.9 Å². The molecule has 0 radical (unpaired) electrons. The summed E-state index contributed by atoms with van der Waals surface area (Å²) >= 11 is 2.96. The second-order valence-corrected chi connectivity index (χ2v) is 8.91. The third-order valence-electron chi connectivity index (χ3n) is 4.34. The van der Waals surface area contributed by atoms with Gasteiger partial charge in [0.1, 0.15) is 11.4 Å². The van der Waals surface area contributed by atoms with Crippen LogP contribution in [0.4, 0.5) is 15.3 Å². The molecule has 3 atom stereocenters. The van der Waals surface area contributed by atoms with Crippen LogP contribution in [0.15, 0.2) is 30.6 Å². The summed E-state index contributed by atoms with van der Waals surface area (Å²) in [6.07, 6.45) is 3.28. The zero-order valence-corrected chi connectivity index (χ0v) is 17.0. The van der Waals surface area contributed by atoms with Crippen LogP contribution in [0.5, 0.6) is 0 Å². The fraction of sp³-hybridized carbons (Fsp3) is 0.412. The fourth-order valence-corrected chi connectivity index (χ4v) is 5.07. The first-order valence-corrected chi connectivity index (χ1v) is 10.6. The number of hydrogen-bond acceptors (Lipinski definition) is 9. The molecule has 3 N–H and O–H groups in total. The highest BCUT2D eigenvalue weighted by Gasteiger charge is 2.41. The minimum atomic E-state index is -1.12. The molecular formula is C17H20FN7OS2. The van der Waals surface area contributed by atoms with Crippen molar-refractivity contribution in [3.63, 3.8) is 0 Å². The van der Waals surface area contributed by atoms with E-state index in [0.717, 1.165) is 5.75 Å². The predicted molar refractivity (Wildman–Crippen MR) is 107 cm³/mol. The lowest BCUT2D eigenvalue weighted by molar-refractivity contribution is 0.0446. The van der Waals surface area contributed by atoms with Crippen molar-refractivity contribution in [2.45, 2.75) is 37.4 Å². The smallest absolute Gasteiger partial charge is 0.211 e. The maximum absolute atomic E-state index is 13.7. The maximum Gasteiger partial charge on any atom is 0.211 e. The Bertz CT molecular complexity index is 960. The number of anilines is 2. The van der Waals surface area contributed by atoms with Crippen molar-refractivity contribution in [1.29, 1.82) is 0 Å². The fourth-order valence-electron chi connectivity index (χ4n) is 2.82. The van der Waals surface area contributed by atoms with E-state index in [4.69, 9.17) is 0 Å². The zero-order chi connectivity index (χ0) is 19.7. The Hall–Kier alpha value is -2.08. The van der Waals surface area contributed by atoms with Crippen molar-refractivity contribution in [3.8, 4) is 0 Å². The Balaban J connectivity index is 1.43. The molecule has 11 heteroatoms. The number of thioether (sulfide) groups is 1. The number of nitrogens with zero attached hydrogens (tertiary/aromatic N) is 5. The van der Waals surface area contributed by atoms with Crippen molar-refractivity contribution >= 4 is 34.0 Å². The van der Waals surface area contributed by atoms with Crippen LogP contribution in [0.2, 0.25) is 0 Å². The number of hydrogen-bond donors (Lipinski definition) is 3. The van der Waals surface area contributed by atoms with E-state index in [0.29, 0.717) is 27.7 Å². The molecule has 1 aliphatic heterocycles. The second kappa shape index (κ2) is 7.74. The Morgan fingerprint density at radius 1 is 1.43 bits per heavy atom. The van der Waals surface area contributed by atoms with Crippen LogP contribution in [0.25, 0.3) is 0 Å². The molecule has 4 heterocycles. The first-order valence-electron chi connectivity index (χ1n) is 8.75. The number of rotatable bonds is 6. The molecule has 0 bridgehead atoms. The lowest BCUT2D eigenvalue weighted by Crippen LogP contribution is -2.43. The first-order chi connectivity index (χ1) is 13.4. The van der Waals surface area contributed by atoms with Gasteiger partial charge in [-0.05, 0) is 26.0 Å². The van der Waals surface area contributed by atoms with Gasteiger partial charge in [-0.2, -0.15) is 5.10 Å². The van der Waals surface area contributed by atoms with Gasteiger partial charge >= 0.3 is 0 Å². The summed E-state index contributed by atoms with van der Waals surface area (Å²) in [5.41, 5.74) is -0.801. The molecule has 148 valence electrons. The molecular weight excluding hydrogens is 401 g/mol. The summed E-state index contributed by atoms with van der Waals surface area (Å²) in [6, 6.07) is 5.03.